The van der Waals surface area contributed by atoms with E-state index in [1.165, 1.54) is 25.3 Å². The number of nitrogens with zero attached hydrogens (tertiary/aromatic N) is 3. The molecule has 25 heavy (non-hydrogen) atoms. The van der Waals surface area contributed by atoms with Crippen LogP contribution in [-0.4, -0.2) is 42.6 Å². The van der Waals surface area contributed by atoms with Crippen molar-refractivity contribution in [3.05, 3.63) is 62.2 Å². The van der Waals surface area contributed by atoms with Crippen molar-refractivity contribution in [3.63, 3.8) is 0 Å². The molecule has 2 aromatic carbocycles. The quantitative estimate of drug-likeness (QED) is 0.454. The second-order valence-electron chi connectivity index (χ2n) is 6.69. The Morgan fingerprint density at radius 2 is 1.44 bits per heavy atom. The van der Waals surface area contributed by atoms with Gasteiger partial charge in [0.1, 0.15) is 6.54 Å². The van der Waals surface area contributed by atoms with Crippen molar-refractivity contribution in [2.24, 2.45) is 0 Å². The van der Waals surface area contributed by atoms with Crippen LogP contribution >= 0.6 is 0 Å². The van der Waals surface area contributed by atoms with E-state index in [9.17, 15) is 20.2 Å². The molecule has 132 valence electrons. The molecule has 0 heterocycles. The highest BCUT2D eigenvalue weighted by Gasteiger charge is 2.22. The lowest BCUT2D eigenvalue weighted by Crippen LogP contribution is -2.33. The van der Waals surface area contributed by atoms with Gasteiger partial charge in [0, 0.05) is 12.1 Å². The van der Waals surface area contributed by atoms with Crippen LogP contribution in [0.3, 0.4) is 0 Å². The largest absolute Gasteiger partial charge is 0.490 e. The molecule has 0 unspecified atom stereocenters. The molecular formula is C17H20N3O5+. The number of nitro groups is 2. The highest BCUT2D eigenvalue weighted by atomic mass is 16.6. The molecule has 2 rings (SSSR count). The Hall–Kier alpha value is -3.00. The lowest BCUT2D eigenvalue weighted by Gasteiger charge is -2.23. The fourth-order valence-electron chi connectivity index (χ4n) is 2.57. The van der Waals surface area contributed by atoms with Gasteiger partial charge in [0.2, 0.25) is 0 Å². The minimum Gasteiger partial charge on any atom is -0.490 e. The van der Waals surface area contributed by atoms with Gasteiger partial charge in [-0.1, -0.05) is 12.1 Å². The van der Waals surface area contributed by atoms with E-state index in [4.69, 9.17) is 4.74 Å². The lowest BCUT2D eigenvalue weighted by molar-refractivity contribution is -0.884. The van der Waals surface area contributed by atoms with Crippen LogP contribution in [0.4, 0.5) is 11.4 Å². The summed E-state index contributed by atoms with van der Waals surface area (Å²) in [6.45, 7) is 0.499. The van der Waals surface area contributed by atoms with Crippen LogP contribution < -0.4 is 4.74 Å². The molecule has 0 aliphatic heterocycles. The number of methoxy groups -OCH3 is 1. The van der Waals surface area contributed by atoms with Crippen LogP contribution in [0, 0.1) is 20.2 Å². The number of benzene rings is 2. The Bertz CT molecular complexity index is 828. The van der Waals surface area contributed by atoms with Crippen LogP contribution in [0.1, 0.15) is 5.56 Å². The first-order valence-corrected chi connectivity index (χ1v) is 7.53. The van der Waals surface area contributed by atoms with Crippen molar-refractivity contribution >= 4 is 11.4 Å². The van der Waals surface area contributed by atoms with Gasteiger partial charge in [-0.3, -0.25) is 20.2 Å². The van der Waals surface area contributed by atoms with Crippen molar-refractivity contribution in [2.45, 2.75) is 6.54 Å². The van der Waals surface area contributed by atoms with Crippen molar-refractivity contribution < 1.29 is 19.1 Å². The Balaban J connectivity index is 2.54. The summed E-state index contributed by atoms with van der Waals surface area (Å²) in [6.07, 6.45) is 0. The van der Waals surface area contributed by atoms with Gasteiger partial charge in [-0.25, -0.2) is 0 Å². The van der Waals surface area contributed by atoms with Crippen LogP contribution in [0.5, 0.6) is 5.75 Å². The van der Waals surface area contributed by atoms with E-state index in [-0.39, 0.29) is 17.1 Å². The Morgan fingerprint density at radius 3 is 1.92 bits per heavy atom. The van der Waals surface area contributed by atoms with Crippen LogP contribution in [0.25, 0.3) is 11.1 Å². The van der Waals surface area contributed by atoms with Crippen LogP contribution in [-0.2, 0) is 6.54 Å². The molecule has 0 saturated carbocycles. The maximum atomic E-state index is 11.4. The third-order valence-electron chi connectivity index (χ3n) is 3.64. The maximum Gasteiger partial charge on any atom is 0.311 e. The van der Waals surface area contributed by atoms with Gasteiger partial charge in [0.15, 0.2) is 5.75 Å². The summed E-state index contributed by atoms with van der Waals surface area (Å²) >= 11 is 0. The lowest BCUT2D eigenvalue weighted by atomic mass is 10.0. The zero-order chi connectivity index (χ0) is 18.8. The van der Waals surface area contributed by atoms with Gasteiger partial charge < -0.3 is 9.22 Å². The molecule has 2 aromatic rings. The summed E-state index contributed by atoms with van der Waals surface area (Å²) in [4.78, 5) is 21.6. The van der Waals surface area contributed by atoms with Crippen molar-refractivity contribution in [2.75, 3.05) is 28.3 Å². The number of quaternary nitrogens is 1. The zero-order valence-electron chi connectivity index (χ0n) is 14.6. The van der Waals surface area contributed by atoms with E-state index in [2.05, 4.69) is 0 Å². The zero-order valence-corrected chi connectivity index (χ0v) is 14.6. The molecule has 0 bridgehead atoms. The molecule has 0 N–H and O–H groups in total. The number of rotatable bonds is 6. The topological polar surface area (TPSA) is 95.5 Å². The van der Waals surface area contributed by atoms with E-state index in [0.717, 1.165) is 0 Å². The first-order valence-electron chi connectivity index (χ1n) is 7.53. The van der Waals surface area contributed by atoms with Gasteiger partial charge in [0.05, 0.1) is 43.7 Å². The van der Waals surface area contributed by atoms with Gasteiger partial charge in [-0.15, -0.1) is 0 Å². The van der Waals surface area contributed by atoms with E-state index < -0.39 is 9.85 Å². The third kappa shape index (κ3) is 4.30. The number of hydrogen-bond acceptors (Lipinski definition) is 5. The van der Waals surface area contributed by atoms with Crippen LogP contribution in [0.15, 0.2) is 36.4 Å². The number of ether oxygens (including phenoxy) is 1. The maximum absolute atomic E-state index is 11.4. The average Bonchev–Trinajstić information content (AvgIpc) is 2.52. The number of nitro benzene ring substituents is 2. The molecule has 0 radical (unpaired) electrons. The molecule has 0 fully saturated rings. The molecule has 0 atom stereocenters. The summed E-state index contributed by atoms with van der Waals surface area (Å²) in [6, 6.07) is 9.38. The monoisotopic (exact) mass is 346 g/mol. The van der Waals surface area contributed by atoms with E-state index >= 15 is 0 Å². The minimum absolute atomic E-state index is 0.00372. The summed E-state index contributed by atoms with van der Waals surface area (Å²) in [5.74, 6) is 0.143. The van der Waals surface area contributed by atoms with E-state index in [1.54, 1.807) is 18.2 Å². The molecule has 0 aromatic heterocycles. The smallest absolute Gasteiger partial charge is 0.311 e. The first-order chi connectivity index (χ1) is 11.6. The molecule has 0 saturated heterocycles. The molecular weight excluding hydrogens is 326 g/mol. The molecule has 8 nitrogen and oxygen atoms in total. The van der Waals surface area contributed by atoms with Gasteiger partial charge in [-0.2, -0.15) is 0 Å². The highest BCUT2D eigenvalue weighted by Crippen LogP contribution is 2.34. The Kier molecular flexibility index (Phi) is 5.03. The predicted molar refractivity (Wildman–Crippen MR) is 93.5 cm³/mol. The highest BCUT2D eigenvalue weighted by molar-refractivity contribution is 5.71. The average molecular weight is 346 g/mol. The summed E-state index contributed by atoms with van der Waals surface area (Å²) < 4.78 is 5.53. The third-order valence-corrected chi connectivity index (χ3v) is 3.64. The SMILES string of the molecule is COc1ccc(-c2ccc(C[N+](C)(C)C)c([N+](=O)[O-])c2)cc1[N+](=O)[O-]. The second kappa shape index (κ2) is 6.86. The molecule has 0 spiro atoms. The number of hydrogen-bond donors (Lipinski definition) is 0. The Morgan fingerprint density at radius 1 is 0.920 bits per heavy atom. The first kappa shape index (κ1) is 18.3. The second-order valence-corrected chi connectivity index (χ2v) is 6.69. The normalized spacial score (nSPS) is 11.2. The van der Waals surface area contributed by atoms with Gasteiger partial charge >= 0.3 is 5.69 Å². The van der Waals surface area contributed by atoms with E-state index in [0.29, 0.717) is 27.7 Å². The minimum atomic E-state index is -0.539. The summed E-state index contributed by atoms with van der Waals surface area (Å²) in [5, 5.41) is 22.6. The van der Waals surface area contributed by atoms with Crippen molar-refractivity contribution in [1.29, 1.82) is 0 Å². The standard InChI is InChI=1S/C17H20N3O5/c1-20(2,3)11-14-6-5-12(9-15(14)18(21)22)13-7-8-17(25-4)16(10-13)19(23)24/h5-10H,11H2,1-4H3/q+1. The Labute approximate surface area is 145 Å². The molecule has 0 amide bonds. The molecule has 0 aliphatic carbocycles. The van der Waals surface area contributed by atoms with Crippen molar-refractivity contribution in [1.82, 2.24) is 0 Å². The van der Waals surface area contributed by atoms with Crippen LogP contribution in [0.2, 0.25) is 0 Å². The van der Waals surface area contributed by atoms with Crippen molar-refractivity contribution in [3.8, 4) is 16.9 Å². The summed E-state index contributed by atoms with van der Waals surface area (Å²) in [5.41, 5.74) is 1.50. The van der Waals surface area contributed by atoms with Gasteiger partial charge in [-0.05, 0) is 23.3 Å². The molecule has 8 heteroatoms. The predicted octanol–water partition coefficient (Wildman–Crippen LogP) is 3.38. The fraction of sp³-hybridized carbons (Fsp3) is 0.294. The van der Waals surface area contributed by atoms with E-state index in [1.807, 2.05) is 21.1 Å². The summed E-state index contributed by atoms with van der Waals surface area (Å²) in [7, 11) is 7.20. The fourth-order valence-corrected chi connectivity index (χ4v) is 2.57. The van der Waals surface area contributed by atoms with Gasteiger partial charge in [0.25, 0.3) is 5.69 Å². The molecule has 0 aliphatic rings.